The zero-order chi connectivity index (χ0) is 18.4. The first-order chi connectivity index (χ1) is 12.7. The Morgan fingerprint density at radius 1 is 1.35 bits per heavy atom. The van der Waals surface area contributed by atoms with E-state index < -0.39 is 0 Å². The molecule has 0 aliphatic carbocycles. The number of nitrogens with zero attached hydrogens (tertiary/aromatic N) is 2. The third-order valence-corrected chi connectivity index (χ3v) is 4.25. The first kappa shape index (κ1) is 18.0. The second kappa shape index (κ2) is 8.52. The number of aliphatic hydroxyl groups excluding tert-OH is 1. The average Bonchev–Trinajstić information content (AvgIpc) is 2.69. The van der Waals surface area contributed by atoms with Gasteiger partial charge in [0, 0.05) is 12.6 Å². The summed E-state index contributed by atoms with van der Waals surface area (Å²) in [4.78, 5) is 4.06. The molecule has 136 valence electrons. The van der Waals surface area contributed by atoms with Gasteiger partial charge >= 0.3 is 0 Å². The Hall–Kier alpha value is -2.82. The number of nitrogens with one attached hydrogen (secondary N) is 1. The topological polar surface area (TPSA) is 96.6 Å². The van der Waals surface area contributed by atoms with Crippen LogP contribution >= 0.6 is 0 Å². The van der Waals surface area contributed by atoms with Gasteiger partial charge in [-0.2, -0.15) is 5.26 Å². The molecule has 7 heteroatoms. The van der Waals surface area contributed by atoms with Crippen LogP contribution in [0.25, 0.3) is 0 Å². The van der Waals surface area contributed by atoms with Crippen LogP contribution in [-0.2, 0) is 11.3 Å². The fraction of sp³-hybridized carbons (Fsp3) is 0.368. The number of hydrogen-bond donors (Lipinski definition) is 2. The number of ether oxygens (including phenoxy) is 3. The summed E-state index contributed by atoms with van der Waals surface area (Å²) in [6, 6.07) is 11.1. The van der Waals surface area contributed by atoms with E-state index in [4.69, 9.17) is 19.3 Å². The Labute approximate surface area is 152 Å². The summed E-state index contributed by atoms with van der Waals surface area (Å²) < 4.78 is 16.9. The van der Waals surface area contributed by atoms with Crippen LogP contribution in [0, 0.1) is 11.3 Å². The van der Waals surface area contributed by atoms with Gasteiger partial charge < -0.3 is 24.6 Å². The molecule has 1 fully saturated rings. The molecule has 1 aliphatic rings. The van der Waals surface area contributed by atoms with Crippen molar-refractivity contribution in [1.29, 1.82) is 5.26 Å². The SMILES string of the molecule is COc1nccc(N[C@@H]2COCC[C@H]2Oc2ccc(CO)cc2)c1C#N. The quantitative estimate of drug-likeness (QED) is 0.819. The van der Waals surface area contributed by atoms with Gasteiger partial charge in [0.05, 0.1) is 38.7 Å². The molecule has 2 heterocycles. The van der Waals surface area contributed by atoms with Gasteiger partial charge in [-0.1, -0.05) is 12.1 Å². The number of methoxy groups -OCH3 is 1. The fourth-order valence-electron chi connectivity index (χ4n) is 2.87. The highest BCUT2D eigenvalue weighted by molar-refractivity contribution is 5.61. The van der Waals surface area contributed by atoms with Crippen molar-refractivity contribution in [2.45, 2.75) is 25.2 Å². The minimum Gasteiger partial charge on any atom is -0.488 e. The molecule has 2 aromatic rings. The minimum atomic E-state index is -0.125. The number of aliphatic hydroxyl groups is 1. The van der Waals surface area contributed by atoms with E-state index in [1.807, 2.05) is 24.3 Å². The monoisotopic (exact) mass is 355 g/mol. The normalized spacial score (nSPS) is 19.4. The lowest BCUT2D eigenvalue weighted by molar-refractivity contribution is 0.0147. The molecule has 2 N–H and O–H groups in total. The van der Waals surface area contributed by atoms with Gasteiger partial charge in [0.2, 0.25) is 5.88 Å². The number of nitriles is 1. The summed E-state index contributed by atoms with van der Waals surface area (Å²) in [5, 5.41) is 21.9. The molecule has 0 saturated carbocycles. The number of hydrogen-bond acceptors (Lipinski definition) is 7. The van der Waals surface area contributed by atoms with Crippen molar-refractivity contribution >= 4 is 5.69 Å². The second-order valence-electron chi connectivity index (χ2n) is 5.93. The zero-order valence-electron chi connectivity index (χ0n) is 14.5. The highest BCUT2D eigenvalue weighted by Crippen LogP contribution is 2.26. The summed E-state index contributed by atoms with van der Waals surface area (Å²) >= 11 is 0. The van der Waals surface area contributed by atoms with E-state index in [-0.39, 0.29) is 24.6 Å². The highest BCUT2D eigenvalue weighted by Gasteiger charge is 2.28. The van der Waals surface area contributed by atoms with Gasteiger partial charge in [-0.05, 0) is 23.8 Å². The van der Waals surface area contributed by atoms with E-state index in [9.17, 15) is 5.26 Å². The molecule has 0 amide bonds. The van der Waals surface area contributed by atoms with Crippen molar-refractivity contribution in [3.8, 4) is 17.7 Å². The van der Waals surface area contributed by atoms with Crippen LogP contribution in [0.2, 0.25) is 0 Å². The van der Waals surface area contributed by atoms with Crippen LogP contribution in [0.4, 0.5) is 5.69 Å². The van der Waals surface area contributed by atoms with Crippen LogP contribution in [0.15, 0.2) is 36.5 Å². The molecule has 1 saturated heterocycles. The van der Waals surface area contributed by atoms with Gasteiger partial charge in [-0.25, -0.2) is 4.98 Å². The number of rotatable bonds is 6. The minimum absolute atomic E-state index is 0.00252. The van der Waals surface area contributed by atoms with Gasteiger partial charge in [-0.15, -0.1) is 0 Å². The van der Waals surface area contributed by atoms with E-state index >= 15 is 0 Å². The third-order valence-electron chi connectivity index (χ3n) is 4.25. The molecule has 1 aliphatic heterocycles. The highest BCUT2D eigenvalue weighted by atomic mass is 16.5. The lowest BCUT2D eigenvalue weighted by atomic mass is 10.1. The Bertz CT molecular complexity index is 773. The molecule has 0 spiro atoms. The molecule has 3 rings (SSSR count). The van der Waals surface area contributed by atoms with E-state index in [0.717, 1.165) is 17.7 Å². The molecule has 0 radical (unpaired) electrons. The van der Waals surface area contributed by atoms with Gasteiger partial charge in [0.1, 0.15) is 23.5 Å². The molecule has 0 unspecified atom stereocenters. The first-order valence-electron chi connectivity index (χ1n) is 8.39. The molecule has 0 bridgehead atoms. The Morgan fingerprint density at radius 2 is 2.15 bits per heavy atom. The van der Waals surface area contributed by atoms with Crippen molar-refractivity contribution in [1.82, 2.24) is 4.98 Å². The maximum Gasteiger partial charge on any atom is 0.233 e. The molecular formula is C19H21N3O4. The summed E-state index contributed by atoms with van der Waals surface area (Å²) in [7, 11) is 1.48. The molecule has 1 aromatic carbocycles. The lowest BCUT2D eigenvalue weighted by Crippen LogP contribution is -2.45. The first-order valence-corrected chi connectivity index (χ1v) is 8.39. The van der Waals surface area contributed by atoms with Crippen molar-refractivity contribution in [2.75, 3.05) is 25.6 Å². The molecule has 2 atom stereocenters. The smallest absolute Gasteiger partial charge is 0.233 e. The second-order valence-corrected chi connectivity index (χ2v) is 5.93. The van der Waals surface area contributed by atoms with E-state index in [1.54, 1.807) is 12.3 Å². The van der Waals surface area contributed by atoms with Gasteiger partial charge in [0.15, 0.2) is 0 Å². The number of aromatic nitrogens is 1. The zero-order valence-corrected chi connectivity index (χ0v) is 14.5. The number of benzene rings is 1. The van der Waals surface area contributed by atoms with Gasteiger partial charge in [0.25, 0.3) is 0 Å². The van der Waals surface area contributed by atoms with Crippen LogP contribution in [0.3, 0.4) is 0 Å². The molecule has 1 aromatic heterocycles. The maximum absolute atomic E-state index is 9.42. The average molecular weight is 355 g/mol. The summed E-state index contributed by atoms with van der Waals surface area (Å²) in [5.41, 5.74) is 1.83. The standard InChI is InChI=1S/C19H21N3O4/c1-24-19-15(10-20)16(6-8-21-19)22-17-12-25-9-7-18(17)26-14-4-2-13(11-23)3-5-14/h2-6,8,17-18,23H,7,9,11-12H2,1H3,(H,21,22)/t17-,18-/m1/s1. The molecule has 7 nitrogen and oxygen atoms in total. The fourth-order valence-corrected chi connectivity index (χ4v) is 2.87. The summed E-state index contributed by atoms with van der Waals surface area (Å²) in [6.45, 7) is 1.08. The number of anilines is 1. The van der Waals surface area contributed by atoms with Crippen molar-refractivity contribution in [3.63, 3.8) is 0 Å². The number of pyridine rings is 1. The molecule has 26 heavy (non-hydrogen) atoms. The van der Waals surface area contributed by atoms with E-state index in [2.05, 4.69) is 16.4 Å². The predicted molar refractivity (Wildman–Crippen MR) is 95.1 cm³/mol. The Morgan fingerprint density at radius 3 is 2.85 bits per heavy atom. The maximum atomic E-state index is 9.42. The van der Waals surface area contributed by atoms with Gasteiger partial charge in [-0.3, -0.25) is 0 Å². The van der Waals surface area contributed by atoms with Crippen molar-refractivity contribution in [2.24, 2.45) is 0 Å². The molecular weight excluding hydrogens is 334 g/mol. The Balaban J connectivity index is 1.76. The van der Waals surface area contributed by atoms with E-state index in [0.29, 0.717) is 24.5 Å². The lowest BCUT2D eigenvalue weighted by Gasteiger charge is -2.33. The van der Waals surface area contributed by atoms with Crippen LogP contribution in [0.1, 0.15) is 17.5 Å². The summed E-state index contributed by atoms with van der Waals surface area (Å²) in [6.07, 6.45) is 2.20. The van der Waals surface area contributed by atoms with Crippen molar-refractivity contribution < 1.29 is 19.3 Å². The van der Waals surface area contributed by atoms with Crippen LogP contribution in [0.5, 0.6) is 11.6 Å². The van der Waals surface area contributed by atoms with Crippen LogP contribution in [-0.4, -0.2) is 42.6 Å². The summed E-state index contributed by atoms with van der Waals surface area (Å²) in [5.74, 6) is 1.01. The van der Waals surface area contributed by atoms with E-state index in [1.165, 1.54) is 7.11 Å². The van der Waals surface area contributed by atoms with Crippen LogP contribution < -0.4 is 14.8 Å². The largest absolute Gasteiger partial charge is 0.488 e. The Kier molecular flexibility index (Phi) is 5.89. The van der Waals surface area contributed by atoms with Crippen molar-refractivity contribution in [3.05, 3.63) is 47.7 Å². The predicted octanol–water partition coefficient (Wildman–Crippen LogP) is 2.10. The third kappa shape index (κ3) is 4.04.